The van der Waals surface area contributed by atoms with E-state index in [0.29, 0.717) is 6.42 Å². The number of halogens is 2. The lowest BCUT2D eigenvalue weighted by Gasteiger charge is -2.22. The Morgan fingerprint density at radius 2 is 2.00 bits per heavy atom. The molecule has 0 aliphatic carbocycles. The van der Waals surface area contributed by atoms with Crippen LogP contribution in [0.2, 0.25) is 0 Å². The third kappa shape index (κ3) is 6.54. The van der Waals surface area contributed by atoms with Gasteiger partial charge in [0.1, 0.15) is 0 Å². The number of amides is 1. The Kier molecular flexibility index (Phi) is 6.02. The molecule has 0 aliphatic rings. The summed E-state index contributed by atoms with van der Waals surface area (Å²) in [5.74, 6) is -0.0597. The van der Waals surface area contributed by atoms with Crippen LogP contribution in [0.3, 0.4) is 0 Å². The van der Waals surface area contributed by atoms with Gasteiger partial charge in [-0.1, -0.05) is 36.7 Å². The molecule has 0 bridgehead atoms. The number of hydrogen-bond acceptors (Lipinski definition) is 2. The average molecular weight is 392 g/mol. The molecule has 3 nitrogen and oxygen atoms in total. The van der Waals surface area contributed by atoms with Crippen molar-refractivity contribution < 1.29 is 4.79 Å². The van der Waals surface area contributed by atoms with E-state index in [-0.39, 0.29) is 17.4 Å². The summed E-state index contributed by atoms with van der Waals surface area (Å²) in [7, 11) is 0. The predicted molar refractivity (Wildman–Crippen MR) is 87.1 cm³/mol. The molecule has 1 unspecified atom stereocenters. The molecular weight excluding hydrogens is 372 g/mol. The van der Waals surface area contributed by atoms with Crippen LogP contribution in [0.15, 0.2) is 27.1 Å². The van der Waals surface area contributed by atoms with Gasteiger partial charge in [-0.25, -0.2) is 0 Å². The minimum atomic E-state index is -0.120. The van der Waals surface area contributed by atoms with Gasteiger partial charge in [-0.15, -0.1) is 0 Å². The van der Waals surface area contributed by atoms with E-state index in [1.54, 1.807) is 0 Å². The van der Waals surface area contributed by atoms with Gasteiger partial charge in [0.2, 0.25) is 5.91 Å². The summed E-state index contributed by atoms with van der Waals surface area (Å²) in [6.07, 6.45) is 1.15. The molecule has 1 aromatic carbocycles. The van der Waals surface area contributed by atoms with E-state index >= 15 is 0 Å². The van der Waals surface area contributed by atoms with Crippen LogP contribution in [0.25, 0.3) is 0 Å². The molecule has 1 aromatic rings. The highest BCUT2D eigenvalue weighted by molar-refractivity contribution is 9.11. The summed E-state index contributed by atoms with van der Waals surface area (Å²) >= 11 is 6.79. The topological polar surface area (TPSA) is 55.1 Å². The number of benzene rings is 1. The van der Waals surface area contributed by atoms with Crippen LogP contribution in [-0.4, -0.2) is 11.9 Å². The molecule has 0 aliphatic heterocycles. The first-order valence-corrected chi connectivity index (χ1v) is 7.76. The van der Waals surface area contributed by atoms with Crippen LogP contribution in [-0.2, 0) is 4.79 Å². The van der Waals surface area contributed by atoms with Crippen LogP contribution >= 0.6 is 31.9 Å². The van der Waals surface area contributed by atoms with Crippen molar-refractivity contribution in [1.29, 1.82) is 0 Å². The van der Waals surface area contributed by atoms with Crippen molar-refractivity contribution in [3.05, 3.63) is 27.1 Å². The molecule has 1 atom stereocenters. The van der Waals surface area contributed by atoms with Gasteiger partial charge in [0, 0.05) is 21.4 Å². The SMILES string of the molecule is CC(C)(C)CC(N)CC(=O)Nc1cc(Br)ccc1Br. The molecule has 19 heavy (non-hydrogen) atoms. The van der Waals surface area contributed by atoms with Gasteiger partial charge >= 0.3 is 0 Å². The molecule has 0 radical (unpaired) electrons. The first kappa shape index (κ1) is 16.7. The molecule has 0 heterocycles. The van der Waals surface area contributed by atoms with E-state index in [2.05, 4.69) is 57.9 Å². The van der Waals surface area contributed by atoms with Crippen molar-refractivity contribution in [3.8, 4) is 0 Å². The smallest absolute Gasteiger partial charge is 0.225 e. The number of rotatable bonds is 4. The molecule has 0 fully saturated rings. The van der Waals surface area contributed by atoms with Gasteiger partial charge in [0.05, 0.1) is 5.69 Å². The number of carbonyl (C=O) groups excluding carboxylic acids is 1. The number of anilines is 1. The molecule has 0 saturated carbocycles. The molecule has 1 amide bonds. The number of nitrogens with one attached hydrogen (secondary N) is 1. The molecule has 3 N–H and O–H groups in total. The zero-order valence-corrected chi connectivity index (χ0v) is 14.6. The number of carbonyl (C=O) groups is 1. The Morgan fingerprint density at radius 3 is 2.58 bits per heavy atom. The van der Waals surface area contributed by atoms with Gasteiger partial charge < -0.3 is 11.1 Å². The highest BCUT2D eigenvalue weighted by atomic mass is 79.9. The normalized spacial score (nSPS) is 13.2. The molecule has 1 rings (SSSR count). The lowest BCUT2D eigenvalue weighted by Crippen LogP contribution is -2.31. The molecule has 106 valence electrons. The van der Waals surface area contributed by atoms with E-state index in [1.807, 2.05) is 18.2 Å². The Labute approximate surface area is 131 Å². The molecule has 0 aromatic heterocycles. The summed E-state index contributed by atoms with van der Waals surface area (Å²) in [6, 6.07) is 5.53. The van der Waals surface area contributed by atoms with Crippen LogP contribution in [0.5, 0.6) is 0 Å². The maximum atomic E-state index is 11.9. The lowest BCUT2D eigenvalue weighted by atomic mass is 9.87. The fourth-order valence-electron chi connectivity index (χ4n) is 1.89. The second-order valence-electron chi connectivity index (χ2n) is 5.90. The largest absolute Gasteiger partial charge is 0.327 e. The second-order valence-corrected chi connectivity index (χ2v) is 7.67. The maximum Gasteiger partial charge on any atom is 0.225 e. The van der Waals surface area contributed by atoms with Gasteiger partial charge in [0.25, 0.3) is 0 Å². The highest BCUT2D eigenvalue weighted by Crippen LogP contribution is 2.27. The monoisotopic (exact) mass is 390 g/mol. The van der Waals surface area contributed by atoms with Crippen molar-refractivity contribution in [3.63, 3.8) is 0 Å². The van der Waals surface area contributed by atoms with Crippen molar-refractivity contribution in [1.82, 2.24) is 0 Å². The van der Waals surface area contributed by atoms with Crippen molar-refractivity contribution in [2.45, 2.75) is 39.7 Å². The fourth-order valence-corrected chi connectivity index (χ4v) is 2.60. The van der Waals surface area contributed by atoms with Gasteiger partial charge in [-0.2, -0.15) is 0 Å². The third-order valence-electron chi connectivity index (χ3n) is 2.52. The summed E-state index contributed by atoms with van der Waals surface area (Å²) in [5.41, 5.74) is 6.89. The minimum absolute atomic E-state index is 0.0597. The molecule has 0 saturated heterocycles. The molecular formula is C14H20Br2N2O. The van der Waals surface area contributed by atoms with Gasteiger partial charge in [-0.05, 0) is 46.0 Å². The van der Waals surface area contributed by atoms with Gasteiger partial charge in [0.15, 0.2) is 0 Å². The first-order valence-electron chi connectivity index (χ1n) is 6.18. The van der Waals surface area contributed by atoms with E-state index in [1.165, 1.54) is 0 Å². The minimum Gasteiger partial charge on any atom is -0.327 e. The van der Waals surface area contributed by atoms with Crippen molar-refractivity contribution in [2.75, 3.05) is 5.32 Å². The summed E-state index contributed by atoms with van der Waals surface area (Å²) in [4.78, 5) is 11.9. The highest BCUT2D eigenvalue weighted by Gasteiger charge is 2.18. The quantitative estimate of drug-likeness (QED) is 0.803. The molecule has 0 spiro atoms. The van der Waals surface area contributed by atoms with Crippen LogP contribution in [0.4, 0.5) is 5.69 Å². The van der Waals surface area contributed by atoms with Crippen LogP contribution in [0, 0.1) is 5.41 Å². The van der Waals surface area contributed by atoms with E-state index in [4.69, 9.17) is 5.73 Å². The summed E-state index contributed by atoms with van der Waals surface area (Å²) in [6.45, 7) is 6.36. The van der Waals surface area contributed by atoms with Crippen molar-refractivity contribution in [2.24, 2.45) is 11.1 Å². The maximum absolute atomic E-state index is 11.9. The van der Waals surface area contributed by atoms with Crippen LogP contribution < -0.4 is 11.1 Å². The fraction of sp³-hybridized carbons (Fsp3) is 0.500. The average Bonchev–Trinajstić information content (AvgIpc) is 2.20. The number of hydrogen-bond donors (Lipinski definition) is 2. The molecule has 5 heteroatoms. The van der Waals surface area contributed by atoms with Gasteiger partial charge in [-0.3, -0.25) is 4.79 Å². The Morgan fingerprint density at radius 1 is 1.37 bits per heavy atom. The predicted octanol–water partition coefficient (Wildman–Crippen LogP) is 4.30. The standard InChI is InChI=1S/C14H20Br2N2O/c1-14(2,3)8-10(17)7-13(19)18-12-6-9(15)4-5-11(12)16/h4-6,10H,7-8,17H2,1-3H3,(H,18,19). The van der Waals surface area contributed by atoms with E-state index in [0.717, 1.165) is 21.1 Å². The Hall–Kier alpha value is -0.390. The Balaban J connectivity index is 2.58. The third-order valence-corrected chi connectivity index (χ3v) is 3.71. The lowest BCUT2D eigenvalue weighted by molar-refractivity contribution is -0.116. The summed E-state index contributed by atoms with van der Waals surface area (Å²) < 4.78 is 1.78. The second kappa shape index (κ2) is 6.86. The Bertz CT molecular complexity index is 455. The van der Waals surface area contributed by atoms with Crippen molar-refractivity contribution >= 4 is 43.5 Å². The number of nitrogens with two attached hydrogens (primary N) is 1. The zero-order valence-electron chi connectivity index (χ0n) is 11.5. The van der Waals surface area contributed by atoms with E-state index in [9.17, 15) is 4.79 Å². The van der Waals surface area contributed by atoms with Crippen LogP contribution in [0.1, 0.15) is 33.6 Å². The summed E-state index contributed by atoms with van der Waals surface area (Å²) in [5, 5.41) is 2.87. The van der Waals surface area contributed by atoms with E-state index < -0.39 is 0 Å². The first-order chi connectivity index (χ1) is 8.67. The zero-order chi connectivity index (χ0) is 14.6.